The molecule has 2 N–H and O–H groups in total. The number of methoxy groups -OCH3 is 1. The maximum atomic E-state index is 11.9. The van der Waals surface area contributed by atoms with Crippen molar-refractivity contribution in [2.45, 2.75) is 6.54 Å². The van der Waals surface area contributed by atoms with Crippen molar-refractivity contribution < 1.29 is 18.8 Å². The lowest BCUT2D eigenvalue weighted by Crippen LogP contribution is -2.47. The lowest BCUT2D eigenvalue weighted by molar-refractivity contribution is -0.120. The lowest BCUT2D eigenvalue weighted by Gasteiger charge is -2.28. The van der Waals surface area contributed by atoms with Crippen LogP contribution in [0.5, 0.6) is 5.88 Å². The fraction of sp³-hybridized carbons (Fsp3) is 0.312. The first-order valence-electron chi connectivity index (χ1n) is 7.55. The van der Waals surface area contributed by atoms with E-state index in [9.17, 15) is 9.59 Å². The number of piperazine rings is 1. The summed E-state index contributed by atoms with van der Waals surface area (Å²) in [5, 5.41) is 9.13. The quantitative estimate of drug-likeness (QED) is 0.831. The molecule has 1 aliphatic heterocycles. The zero-order valence-corrected chi connectivity index (χ0v) is 13.2. The molecule has 0 unspecified atom stereocenters. The molecule has 2 aromatic rings. The standard InChI is InChI=1S/C16H18N4O4/c1-23-15-8-13(24-19-15)16(22)18-9-11-2-4-12(5-3-11)20-7-6-17-14(21)10-20/h2-5,8H,6-7,9-10H2,1H3,(H,17,21)(H,18,22). The number of ether oxygens (including phenoxy) is 1. The van der Waals surface area contributed by atoms with E-state index >= 15 is 0 Å². The monoisotopic (exact) mass is 330 g/mol. The van der Waals surface area contributed by atoms with Gasteiger partial charge in [-0.3, -0.25) is 9.59 Å². The summed E-state index contributed by atoms with van der Waals surface area (Å²) in [4.78, 5) is 25.4. The molecule has 0 atom stereocenters. The number of hydrogen-bond acceptors (Lipinski definition) is 6. The van der Waals surface area contributed by atoms with Crippen molar-refractivity contribution in [2.24, 2.45) is 0 Å². The highest BCUT2D eigenvalue weighted by Gasteiger charge is 2.16. The smallest absolute Gasteiger partial charge is 0.290 e. The largest absolute Gasteiger partial charge is 0.479 e. The number of carbonyl (C=O) groups excluding carboxylic acids is 2. The normalized spacial score (nSPS) is 14.2. The average Bonchev–Trinajstić information content (AvgIpc) is 3.09. The van der Waals surface area contributed by atoms with E-state index in [-0.39, 0.29) is 23.5 Å². The van der Waals surface area contributed by atoms with Gasteiger partial charge < -0.3 is 24.8 Å². The third-order valence-corrected chi connectivity index (χ3v) is 3.71. The molecule has 24 heavy (non-hydrogen) atoms. The van der Waals surface area contributed by atoms with Gasteiger partial charge in [0.05, 0.1) is 19.7 Å². The summed E-state index contributed by atoms with van der Waals surface area (Å²) >= 11 is 0. The number of nitrogens with one attached hydrogen (secondary N) is 2. The predicted octanol–water partition coefficient (Wildman–Crippen LogP) is 0.549. The minimum atomic E-state index is -0.359. The van der Waals surface area contributed by atoms with Crippen molar-refractivity contribution in [1.29, 1.82) is 0 Å². The van der Waals surface area contributed by atoms with Crippen LogP contribution in [-0.4, -0.2) is 43.7 Å². The van der Waals surface area contributed by atoms with Crippen molar-refractivity contribution in [3.8, 4) is 5.88 Å². The summed E-state index contributed by atoms with van der Waals surface area (Å²) in [6.45, 7) is 2.17. The van der Waals surface area contributed by atoms with Gasteiger partial charge in [-0.05, 0) is 22.9 Å². The molecular weight excluding hydrogens is 312 g/mol. The van der Waals surface area contributed by atoms with Crippen molar-refractivity contribution in [3.05, 3.63) is 41.7 Å². The summed E-state index contributed by atoms with van der Waals surface area (Å²) < 4.78 is 9.75. The lowest BCUT2D eigenvalue weighted by atomic mass is 10.2. The molecule has 126 valence electrons. The molecule has 2 amide bonds. The van der Waals surface area contributed by atoms with E-state index in [1.165, 1.54) is 13.2 Å². The van der Waals surface area contributed by atoms with E-state index in [4.69, 9.17) is 9.26 Å². The third-order valence-electron chi connectivity index (χ3n) is 3.71. The molecule has 0 spiro atoms. The Morgan fingerprint density at radius 1 is 1.42 bits per heavy atom. The van der Waals surface area contributed by atoms with Gasteiger partial charge in [-0.1, -0.05) is 12.1 Å². The van der Waals surface area contributed by atoms with Gasteiger partial charge in [0, 0.05) is 25.3 Å². The number of aromatic nitrogens is 1. The fourth-order valence-electron chi connectivity index (χ4n) is 2.42. The Morgan fingerprint density at radius 2 is 2.21 bits per heavy atom. The Balaban J connectivity index is 1.56. The summed E-state index contributed by atoms with van der Waals surface area (Å²) in [6, 6.07) is 9.15. The van der Waals surface area contributed by atoms with E-state index in [1.54, 1.807) is 0 Å². The number of benzene rings is 1. The van der Waals surface area contributed by atoms with Crippen LogP contribution in [0.15, 0.2) is 34.9 Å². The van der Waals surface area contributed by atoms with Crippen LogP contribution in [0.1, 0.15) is 16.1 Å². The number of amides is 2. The van der Waals surface area contributed by atoms with Gasteiger partial charge in [-0.2, -0.15) is 0 Å². The summed E-state index contributed by atoms with van der Waals surface area (Å²) in [5.74, 6) is 0.0283. The van der Waals surface area contributed by atoms with Gasteiger partial charge in [0.1, 0.15) is 0 Å². The predicted molar refractivity (Wildman–Crippen MR) is 85.9 cm³/mol. The van der Waals surface area contributed by atoms with Crippen molar-refractivity contribution in [3.63, 3.8) is 0 Å². The van der Waals surface area contributed by atoms with Crippen LogP contribution in [-0.2, 0) is 11.3 Å². The SMILES string of the molecule is COc1cc(C(=O)NCc2ccc(N3CCNC(=O)C3)cc2)on1. The van der Waals surface area contributed by atoms with E-state index in [0.29, 0.717) is 19.6 Å². The minimum absolute atomic E-state index is 0.0278. The van der Waals surface area contributed by atoms with Crippen LogP contribution in [0.25, 0.3) is 0 Å². The van der Waals surface area contributed by atoms with E-state index < -0.39 is 0 Å². The second-order valence-electron chi connectivity index (χ2n) is 5.35. The first kappa shape index (κ1) is 15.9. The van der Waals surface area contributed by atoms with Crippen molar-refractivity contribution in [2.75, 3.05) is 31.6 Å². The molecule has 1 aromatic carbocycles. The molecule has 0 aliphatic carbocycles. The maximum Gasteiger partial charge on any atom is 0.290 e. The molecule has 0 bridgehead atoms. The maximum absolute atomic E-state index is 11.9. The van der Waals surface area contributed by atoms with E-state index in [1.807, 2.05) is 29.2 Å². The zero-order valence-electron chi connectivity index (χ0n) is 13.2. The number of hydrogen-bond donors (Lipinski definition) is 2. The highest BCUT2D eigenvalue weighted by Crippen LogP contribution is 2.16. The molecule has 8 nitrogen and oxygen atoms in total. The van der Waals surface area contributed by atoms with Crippen LogP contribution in [0.4, 0.5) is 5.69 Å². The van der Waals surface area contributed by atoms with Gasteiger partial charge >= 0.3 is 0 Å². The van der Waals surface area contributed by atoms with Crippen LogP contribution in [0.2, 0.25) is 0 Å². The van der Waals surface area contributed by atoms with Crippen LogP contribution in [0.3, 0.4) is 0 Å². The topological polar surface area (TPSA) is 96.7 Å². The summed E-state index contributed by atoms with van der Waals surface area (Å²) in [5.41, 5.74) is 1.93. The Labute approximate surface area is 138 Å². The highest BCUT2D eigenvalue weighted by atomic mass is 16.5. The molecule has 2 heterocycles. The average molecular weight is 330 g/mol. The number of nitrogens with zero attached hydrogens (tertiary/aromatic N) is 2. The van der Waals surface area contributed by atoms with E-state index in [0.717, 1.165) is 17.8 Å². The van der Waals surface area contributed by atoms with Gasteiger partial charge in [0.2, 0.25) is 11.7 Å². The van der Waals surface area contributed by atoms with Gasteiger partial charge in [-0.15, -0.1) is 0 Å². The van der Waals surface area contributed by atoms with Gasteiger partial charge in [0.25, 0.3) is 11.8 Å². The number of anilines is 1. The number of carbonyl (C=O) groups is 2. The molecule has 1 aliphatic rings. The Morgan fingerprint density at radius 3 is 2.88 bits per heavy atom. The molecular formula is C16H18N4O4. The van der Waals surface area contributed by atoms with Crippen LogP contribution in [0, 0.1) is 0 Å². The van der Waals surface area contributed by atoms with Gasteiger partial charge in [-0.25, -0.2) is 0 Å². The third kappa shape index (κ3) is 3.65. The number of rotatable bonds is 5. The first-order chi connectivity index (χ1) is 11.7. The summed E-state index contributed by atoms with van der Waals surface area (Å²) in [7, 11) is 1.45. The molecule has 0 radical (unpaired) electrons. The Hall–Kier alpha value is -3.03. The summed E-state index contributed by atoms with van der Waals surface area (Å²) in [6.07, 6.45) is 0. The van der Waals surface area contributed by atoms with Crippen LogP contribution >= 0.6 is 0 Å². The van der Waals surface area contributed by atoms with Crippen molar-refractivity contribution >= 4 is 17.5 Å². The van der Waals surface area contributed by atoms with Crippen LogP contribution < -0.4 is 20.3 Å². The second kappa shape index (κ2) is 7.03. The van der Waals surface area contributed by atoms with Gasteiger partial charge in [0.15, 0.2) is 0 Å². The molecule has 1 aromatic heterocycles. The molecule has 1 fully saturated rings. The molecule has 1 saturated heterocycles. The Bertz CT molecular complexity index is 726. The fourth-order valence-corrected chi connectivity index (χ4v) is 2.42. The molecule has 3 rings (SSSR count). The Kier molecular flexibility index (Phi) is 4.64. The molecule has 0 saturated carbocycles. The highest BCUT2D eigenvalue weighted by molar-refractivity contribution is 5.91. The minimum Gasteiger partial charge on any atom is -0.479 e. The first-order valence-corrected chi connectivity index (χ1v) is 7.55. The molecule has 8 heteroatoms. The second-order valence-corrected chi connectivity index (χ2v) is 5.35. The zero-order chi connectivity index (χ0) is 16.9. The van der Waals surface area contributed by atoms with E-state index in [2.05, 4.69) is 15.8 Å². The van der Waals surface area contributed by atoms with Crippen molar-refractivity contribution in [1.82, 2.24) is 15.8 Å².